The smallest absolute Gasteiger partial charge is 0.249 e. The highest BCUT2D eigenvalue weighted by atomic mass is 32.1. The molecule has 0 fully saturated rings. The van der Waals surface area contributed by atoms with E-state index in [4.69, 9.17) is 0 Å². The van der Waals surface area contributed by atoms with E-state index in [1.165, 1.54) is 34.7 Å². The average molecular weight is 454 g/mol. The number of halogens is 1. The number of amides is 2. The van der Waals surface area contributed by atoms with Crippen molar-refractivity contribution in [3.05, 3.63) is 68.5 Å². The molecule has 3 aromatic rings. The molecule has 0 spiro atoms. The molecule has 1 aromatic carbocycles. The Morgan fingerprint density at radius 2 is 1.97 bits per heavy atom. The minimum atomic E-state index is -0.368. The van der Waals surface area contributed by atoms with Crippen LogP contribution < -0.4 is 10.2 Å². The van der Waals surface area contributed by atoms with E-state index in [2.05, 4.69) is 10.3 Å². The first-order chi connectivity index (χ1) is 15.1. The molecule has 158 valence electrons. The molecule has 5 nitrogen and oxygen atoms in total. The van der Waals surface area contributed by atoms with E-state index in [0.717, 1.165) is 46.8 Å². The number of aryl methyl sites for hydroxylation is 1. The van der Waals surface area contributed by atoms with Crippen molar-refractivity contribution in [2.24, 2.45) is 4.99 Å². The fraction of sp³-hybridized carbons (Fsp3) is 0.261. The van der Waals surface area contributed by atoms with E-state index in [1.807, 2.05) is 17.5 Å². The average Bonchev–Trinajstić information content (AvgIpc) is 3.40. The lowest BCUT2D eigenvalue weighted by atomic mass is 9.93. The number of rotatable bonds is 4. The minimum Gasteiger partial charge on any atom is -0.325 e. The number of hydrogen-bond donors (Lipinski definition) is 1. The number of carbonyl (C=O) groups is 2. The van der Waals surface area contributed by atoms with Gasteiger partial charge in [-0.2, -0.15) is 0 Å². The topological polar surface area (TPSA) is 61.8 Å². The Hall–Kier alpha value is -2.84. The Bertz CT molecular complexity index is 1170. The van der Waals surface area contributed by atoms with Crippen LogP contribution in [-0.4, -0.2) is 30.6 Å². The van der Waals surface area contributed by atoms with Crippen LogP contribution in [-0.2, 0) is 22.4 Å². The van der Waals surface area contributed by atoms with E-state index >= 15 is 0 Å². The summed E-state index contributed by atoms with van der Waals surface area (Å²) in [4.78, 5) is 34.4. The van der Waals surface area contributed by atoms with Crippen LogP contribution in [0.4, 0.5) is 15.1 Å². The van der Waals surface area contributed by atoms with Crippen molar-refractivity contribution in [3.8, 4) is 0 Å². The van der Waals surface area contributed by atoms with Crippen LogP contribution in [0.25, 0.3) is 0 Å². The standard InChI is InChI=1S/C23H20FN3O2S2/c24-14-7-9-15(10-8-14)26-19(28)13-27-20(29)12-25-22(18-6-3-11-30-18)21-16-4-1-2-5-17(16)31-23(21)27/h3,6-11H,1-2,4-5,12-13H2,(H,26,28). The number of benzene rings is 1. The zero-order valence-corrected chi connectivity index (χ0v) is 18.3. The van der Waals surface area contributed by atoms with Gasteiger partial charge in [-0.1, -0.05) is 6.07 Å². The van der Waals surface area contributed by atoms with Gasteiger partial charge in [-0.3, -0.25) is 19.5 Å². The molecule has 0 bridgehead atoms. The van der Waals surface area contributed by atoms with Crippen LogP contribution in [0, 0.1) is 5.82 Å². The Morgan fingerprint density at radius 3 is 2.74 bits per heavy atom. The molecule has 0 radical (unpaired) electrons. The quantitative estimate of drug-likeness (QED) is 0.625. The van der Waals surface area contributed by atoms with Crippen molar-refractivity contribution in [1.29, 1.82) is 0 Å². The monoisotopic (exact) mass is 453 g/mol. The Labute approximate surface area is 187 Å². The molecule has 2 aliphatic rings. The van der Waals surface area contributed by atoms with Crippen LogP contribution in [0.5, 0.6) is 0 Å². The molecular weight excluding hydrogens is 433 g/mol. The van der Waals surface area contributed by atoms with Gasteiger partial charge in [-0.05, 0) is 67.0 Å². The van der Waals surface area contributed by atoms with Crippen molar-refractivity contribution < 1.29 is 14.0 Å². The lowest BCUT2D eigenvalue weighted by Gasteiger charge is -2.20. The second kappa shape index (κ2) is 8.36. The largest absolute Gasteiger partial charge is 0.325 e. The molecule has 1 aliphatic heterocycles. The summed E-state index contributed by atoms with van der Waals surface area (Å²) >= 11 is 3.22. The number of fused-ring (bicyclic) bond motifs is 3. The molecular formula is C23H20FN3O2S2. The lowest BCUT2D eigenvalue weighted by molar-refractivity contribution is -0.120. The molecule has 0 unspecified atom stereocenters. The predicted octanol–water partition coefficient (Wildman–Crippen LogP) is 4.65. The van der Waals surface area contributed by atoms with E-state index in [0.29, 0.717) is 5.69 Å². The third kappa shape index (κ3) is 3.93. The molecule has 0 saturated carbocycles. The van der Waals surface area contributed by atoms with Gasteiger partial charge >= 0.3 is 0 Å². The van der Waals surface area contributed by atoms with E-state index < -0.39 is 0 Å². The maximum Gasteiger partial charge on any atom is 0.249 e. The van der Waals surface area contributed by atoms with E-state index in [9.17, 15) is 14.0 Å². The summed E-state index contributed by atoms with van der Waals surface area (Å²) in [5, 5.41) is 5.58. The number of anilines is 2. The Morgan fingerprint density at radius 1 is 1.16 bits per heavy atom. The molecule has 0 atom stereocenters. The van der Waals surface area contributed by atoms with Crippen molar-refractivity contribution in [3.63, 3.8) is 0 Å². The number of aliphatic imine (C=N–C) groups is 1. The van der Waals surface area contributed by atoms with Gasteiger partial charge in [0.1, 0.15) is 23.9 Å². The van der Waals surface area contributed by atoms with Crippen molar-refractivity contribution >= 4 is 50.9 Å². The highest BCUT2D eigenvalue weighted by molar-refractivity contribution is 7.17. The van der Waals surface area contributed by atoms with Crippen LogP contribution in [0.2, 0.25) is 0 Å². The Kier molecular flexibility index (Phi) is 5.41. The summed E-state index contributed by atoms with van der Waals surface area (Å²) in [6, 6.07) is 9.61. The van der Waals surface area contributed by atoms with Crippen LogP contribution in [0.1, 0.15) is 33.7 Å². The fourth-order valence-corrected chi connectivity index (χ4v) is 6.21. The summed E-state index contributed by atoms with van der Waals surface area (Å²) in [6.07, 6.45) is 4.22. The molecule has 0 saturated heterocycles. The maximum atomic E-state index is 13.1. The molecule has 2 aromatic heterocycles. The van der Waals surface area contributed by atoms with Gasteiger partial charge in [0, 0.05) is 16.1 Å². The number of carbonyl (C=O) groups excluding carboxylic acids is 2. The highest BCUT2D eigenvalue weighted by Gasteiger charge is 2.33. The number of nitrogens with zero attached hydrogens (tertiary/aromatic N) is 2. The van der Waals surface area contributed by atoms with Gasteiger partial charge < -0.3 is 5.32 Å². The predicted molar refractivity (Wildman–Crippen MR) is 123 cm³/mol. The van der Waals surface area contributed by atoms with Gasteiger partial charge in [0.25, 0.3) is 0 Å². The maximum absolute atomic E-state index is 13.1. The van der Waals surface area contributed by atoms with Crippen LogP contribution in [0.15, 0.2) is 46.8 Å². The van der Waals surface area contributed by atoms with Crippen LogP contribution in [0.3, 0.4) is 0 Å². The van der Waals surface area contributed by atoms with Crippen molar-refractivity contribution in [2.45, 2.75) is 25.7 Å². The first kappa shape index (κ1) is 20.1. The summed E-state index contributed by atoms with van der Waals surface area (Å²) in [5.41, 5.74) is 3.65. The summed E-state index contributed by atoms with van der Waals surface area (Å²) in [6.45, 7) is -0.0942. The molecule has 31 heavy (non-hydrogen) atoms. The molecule has 2 amide bonds. The molecule has 1 N–H and O–H groups in total. The zero-order valence-electron chi connectivity index (χ0n) is 16.7. The Balaban J connectivity index is 1.50. The summed E-state index contributed by atoms with van der Waals surface area (Å²) < 4.78 is 13.1. The number of hydrogen-bond acceptors (Lipinski definition) is 5. The van der Waals surface area contributed by atoms with Gasteiger partial charge in [-0.15, -0.1) is 22.7 Å². The SMILES string of the molecule is O=C(CN1C(=O)CN=C(c2cccs2)c2c1sc1c2CCCC1)Nc1ccc(F)cc1. The molecule has 1 aliphatic carbocycles. The third-order valence-corrected chi connectivity index (χ3v) is 7.68. The van der Waals surface area contributed by atoms with Crippen molar-refractivity contribution in [1.82, 2.24) is 0 Å². The normalized spacial score (nSPS) is 15.7. The zero-order chi connectivity index (χ0) is 21.4. The molecule has 8 heteroatoms. The van der Waals surface area contributed by atoms with Gasteiger partial charge in [0.15, 0.2) is 0 Å². The van der Waals surface area contributed by atoms with E-state index in [-0.39, 0.29) is 30.7 Å². The first-order valence-corrected chi connectivity index (χ1v) is 11.9. The third-order valence-electron chi connectivity index (χ3n) is 5.49. The lowest BCUT2D eigenvalue weighted by Crippen LogP contribution is -2.38. The fourth-order valence-electron chi connectivity index (χ4n) is 4.06. The molecule has 5 rings (SSSR count). The van der Waals surface area contributed by atoms with Crippen LogP contribution >= 0.6 is 22.7 Å². The van der Waals surface area contributed by atoms with Crippen molar-refractivity contribution in [2.75, 3.05) is 23.3 Å². The number of thiophene rings is 2. The highest BCUT2D eigenvalue weighted by Crippen LogP contribution is 2.43. The second-order valence-electron chi connectivity index (χ2n) is 7.57. The summed E-state index contributed by atoms with van der Waals surface area (Å²) in [7, 11) is 0. The van der Waals surface area contributed by atoms with Gasteiger partial charge in [0.05, 0.1) is 10.6 Å². The number of nitrogens with one attached hydrogen (secondary N) is 1. The minimum absolute atomic E-state index is 0.00718. The first-order valence-electron chi connectivity index (χ1n) is 10.2. The molecule has 3 heterocycles. The van der Waals surface area contributed by atoms with Gasteiger partial charge in [0.2, 0.25) is 11.8 Å². The van der Waals surface area contributed by atoms with Gasteiger partial charge in [-0.25, -0.2) is 4.39 Å². The second-order valence-corrected chi connectivity index (χ2v) is 9.60. The van der Waals surface area contributed by atoms with E-state index in [1.54, 1.807) is 27.6 Å². The summed E-state index contributed by atoms with van der Waals surface area (Å²) in [5.74, 6) is -0.884.